The summed E-state index contributed by atoms with van der Waals surface area (Å²) in [6.07, 6.45) is 2.10. The number of primary amides is 1. The first-order valence-corrected chi connectivity index (χ1v) is 10.4. The molecule has 0 saturated heterocycles. The summed E-state index contributed by atoms with van der Waals surface area (Å²) in [5, 5.41) is 0.498. The minimum Gasteiger partial charge on any atom is -0.462 e. The molecular formula is C16H23N2O5PS. The van der Waals surface area contributed by atoms with Crippen molar-refractivity contribution in [1.29, 1.82) is 0 Å². The van der Waals surface area contributed by atoms with Gasteiger partial charge in [-0.25, -0.2) is 4.98 Å². The summed E-state index contributed by atoms with van der Waals surface area (Å²) < 4.78 is 29.5. The van der Waals surface area contributed by atoms with Gasteiger partial charge in [0.1, 0.15) is 11.0 Å². The fourth-order valence-electron chi connectivity index (χ4n) is 2.36. The Morgan fingerprint density at radius 1 is 1.36 bits per heavy atom. The van der Waals surface area contributed by atoms with Crippen LogP contribution in [0, 0.1) is 5.92 Å². The number of hydrogen-bond acceptors (Lipinski definition) is 7. The van der Waals surface area contributed by atoms with E-state index in [1.807, 2.05) is 0 Å². The molecule has 0 fully saturated rings. The molecule has 0 atom stereocenters. The van der Waals surface area contributed by atoms with Gasteiger partial charge in [-0.1, -0.05) is 13.8 Å². The summed E-state index contributed by atoms with van der Waals surface area (Å²) in [6, 6.07) is 1.56. The number of nitrogens with two attached hydrogens (primary N) is 1. The summed E-state index contributed by atoms with van der Waals surface area (Å²) in [6.45, 7) is 8.05. The van der Waals surface area contributed by atoms with Gasteiger partial charge < -0.3 is 19.2 Å². The number of carbonyl (C=O) groups excluding carboxylic acids is 1. The second-order valence-electron chi connectivity index (χ2n) is 5.72. The maximum Gasteiger partial charge on any atom is 0.365 e. The summed E-state index contributed by atoms with van der Waals surface area (Å²) in [7, 11) is -3.54. The van der Waals surface area contributed by atoms with Gasteiger partial charge in [0, 0.05) is 4.88 Å². The summed E-state index contributed by atoms with van der Waals surface area (Å²) >= 11 is 1.22. The molecule has 0 radical (unpaired) electrons. The number of furan rings is 1. The lowest BCUT2D eigenvalue weighted by Crippen LogP contribution is -2.12. The molecule has 0 saturated carbocycles. The van der Waals surface area contributed by atoms with Crippen LogP contribution < -0.4 is 11.0 Å². The Labute approximate surface area is 151 Å². The Kier molecular flexibility index (Phi) is 6.57. The summed E-state index contributed by atoms with van der Waals surface area (Å²) in [5.74, 6) is 0.0284. The summed E-state index contributed by atoms with van der Waals surface area (Å²) in [5.41, 5.74) is 5.84. The van der Waals surface area contributed by atoms with Crippen LogP contribution in [-0.2, 0) is 20.0 Å². The van der Waals surface area contributed by atoms with Crippen LogP contribution in [0.2, 0.25) is 0 Å². The van der Waals surface area contributed by atoms with E-state index in [1.165, 1.54) is 17.6 Å². The largest absolute Gasteiger partial charge is 0.462 e. The molecule has 0 aromatic carbocycles. The first-order valence-electron chi connectivity index (χ1n) is 8.09. The Bertz CT molecular complexity index is 773. The quantitative estimate of drug-likeness (QED) is 0.660. The minimum atomic E-state index is -3.54. The molecular weight excluding hydrogens is 363 g/mol. The van der Waals surface area contributed by atoms with Crippen LogP contribution in [0.1, 0.15) is 42.4 Å². The molecule has 1 amide bonds. The fourth-order valence-corrected chi connectivity index (χ4v) is 5.16. The van der Waals surface area contributed by atoms with E-state index in [4.69, 9.17) is 19.2 Å². The maximum absolute atomic E-state index is 13.1. The number of carbonyl (C=O) groups is 1. The van der Waals surface area contributed by atoms with Crippen LogP contribution in [0.15, 0.2) is 16.7 Å². The Morgan fingerprint density at radius 3 is 2.52 bits per heavy atom. The number of aromatic nitrogens is 1. The lowest BCUT2D eigenvalue weighted by molar-refractivity contribution is 0.1000. The highest BCUT2D eigenvalue weighted by Gasteiger charge is 2.34. The van der Waals surface area contributed by atoms with Crippen molar-refractivity contribution in [3.05, 3.63) is 22.2 Å². The molecule has 25 heavy (non-hydrogen) atoms. The zero-order valence-corrected chi connectivity index (χ0v) is 16.5. The van der Waals surface area contributed by atoms with E-state index in [1.54, 1.807) is 19.9 Å². The van der Waals surface area contributed by atoms with Gasteiger partial charge in [-0.15, -0.1) is 11.3 Å². The Morgan fingerprint density at radius 2 is 2.00 bits per heavy atom. The molecule has 2 heterocycles. The smallest absolute Gasteiger partial charge is 0.365 e. The normalized spacial score (nSPS) is 12.0. The van der Waals surface area contributed by atoms with Crippen LogP contribution in [0.5, 0.6) is 0 Å². The van der Waals surface area contributed by atoms with Crippen molar-refractivity contribution in [2.24, 2.45) is 11.7 Å². The van der Waals surface area contributed by atoms with Crippen molar-refractivity contribution in [3.8, 4) is 11.5 Å². The van der Waals surface area contributed by atoms with E-state index in [-0.39, 0.29) is 18.2 Å². The van der Waals surface area contributed by atoms with Crippen LogP contribution in [0.4, 0.5) is 0 Å². The SMILES string of the molecule is CCOP(=O)(OCC)c1ccoc1-c1nc(C(N)=O)sc1CC(C)C. The van der Waals surface area contributed by atoms with Crippen molar-refractivity contribution in [2.75, 3.05) is 13.2 Å². The molecule has 2 N–H and O–H groups in total. The van der Waals surface area contributed by atoms with E-state index in [0.717, 1.165) is 4.88 Å². The highest BCUT2D eigenvalue weighted by atomic mass is 32.1. The van der Waals surface area contributed by atoms with E-state index in [0.29, 0.717) is 29.1 Å². The first kappa shape index (κ1) is 19.8. The third-order valence-electron chi connectivity index (χ3n) is 3.25. The van der Waals surface area contributed by atoms with Crippen LogP contribution >= 0.6 is 18.9 Å². The van der Waals surface area contributed by atoms with Gasteiger partial charge in [0.05, 0.1) is 19.5 Å². The van der Waals surface area contributed by atoms with E-state index in [2.05, 4.69) is 18.8 Å². The zero-order chi connectivity index (χ0) is 18.6. The van der Waals surface area contributed by atoms with E-state index in [9.17, 15) is 9.36 Å². The van der Waals surface area contributed by atoms with Crippen molar-refractivity contribution in [3.63, 3.8) is 0 Å². The average molecular weight is 386 g/mol. The second-order valence-corrected chi connectivity index (χ2v) is 8.80. The molecule has 2 aromatic heterocycles. The standard InChI is InChI=1S/C16H23N2O5PS/c1-5-22-24(20,23-6-2)11-7-8-21-14(11)13-12(9-10(3)4)25-16(18-13)15(17)19/h7-8,10H,5-6,9H2,1-4H3,(H2,17,19). The molecule has 7 nitrogen and oxygen atoms in total. The number of nitrogens with zero attached hydrogens (tertiary/aromatic N) is 1. The van der Waals surface area contributed by atoms with Gasteiger partial charge in [-0.05, 0) is 32.3 Å². The molecule has 0 aliphatic heterocycles. The highest BCUT2D eigenvalue weighted by Crippen LogP contribution is 2.50. The molecule has 2 aromatic rings. The van der Waals surface area contributed by atoms with Gasteiger partial charge >= 0.3 is 7.60 Å². The second kappa shape index (κ2) is 8.27. The molecule has 0 unspecified atom stereocenters. The Balaban J connectivity index is 2.58. The Hall–Kier alpha value is -1.47. The predicted octanol–water partition coefficient (Wildman–Crippen LogP) is 3.59. The monoisotopic (exact) mass is 386 g/mol. The van der Waals surface area contributed by atoms with Gasteiger partial charge in [0.25, 0.3) is 5.91 Å². The van der Waals surface area contributed by atoms with Crippen molar-refractivity contribution in [2.45, 2.75) is 34.1 Å². The van der Waals surface area contributed by atoms with Crippen LogP contribution in [0.25, 0.3) is 11.5 Å². The lowest BCUT2D eigenvalue weighted by atomic mass is 10.1. The predicted molar refractivity (Wildman–Crippen MR) is 97.4 cm³/mol. The third-order valence-corrected chi connectivity index (χ3v) is 6.49. The van der Waals surface area contributed by atoms with E-state index < -0.39 is 13.5 Å². The van der Waals surface area contributed by atoms with E-state index >= 15 is 0 Å². The lowest BCUT2D eigenvalue weighted by Gasteiger charge is -2.16. The number of thiazole rings is 1. The number of hydrogen-bond donors (Lipinski definition) is 1. The van der Waals surface area contributed by atoms with Crippen molar-refractivity contribution in [1.82, 2.24) is 4.98 Å². The maximum atomic E-state index is 13.1. The molecule has 9 heteroatoms. The van der Waals surface area contributed by atoms with Gasteiger partial charge in [-0.2, -0.15) is 0 Å². The van der Waals surface area contributed by atoms with Gasteiger partial charge in [0.15, 0.2) is 10.8 Å². The molecule has 138 valence electrons. The number of amides is 1. The molecule has 0 bridgehead atoms. The van der Waals surface area contributed by atoms with Gasteiger partial charge in [-0.3, -0.25) is 9.36 Å². The first-order chi connectivity index (χ1) is 11.8. The topological polar surface area (TPSA) is 105 Å². The number of rotatable bonds is 9. The van der Waals surface area contributed by atoms with Crippen LogP contribution in [-0.4, -0.2) is 24.1 Å². The zero-order valence-electron chi connectivity index (χ0n) is 14.8. The average Bonchev–Trinajstić information content (AvgIpc) is 3.13. The fraction of sp³-hybridized carbons (Fsp3) is 0.500. The van der Waals surface area contributed by atoms with Gasteiger partial charge in [0.2, 0.25) is 0 Å². The third kappa shape index (κ3) is 4.39. The molecule has 0 spiro atoms. The summed E-state index contributed by atoms with van der Waals surface area (Å²) in [4.78, 5) is 16.7. The molecule has 0 aliphatic rings. The molecule has 0 aliphatic carbocycles. The minimum absolute atomic E-state index is 0.190. The molecule has 2 rings (SSSR count). The van der Waals surface area contributed by atoms with Crippen molar-refractivity contribution >= 4 is 30.1 Å². The van der Waals surface area contributed by atoms with Crippen LogP contribution in [0.3, 0.4) is 0 Å². The highest BCUT2D eigenvalue weighted by molar-refractivity contribution is 7.62. The van der Waals surface area contributed by atoms with Crippen molar-refractivity contribution < 1.29 is 22.8 Å².